The second kappa shape index (κ2) is 12.0. The van der Waals surface area contributed by atoms with Crippen LogP contribution in [-0.2, 0) is 26.3 Å². The maximum absolute atomic E-state index is 15.3. The molecule has 0 atom stereocenters. The average molecular weight is 654 g/mol. The van der Waals surface area contributed by atoms with Crippen molar-refractivity contribution in [2.75, 3.05) is 19.8 Å². The van der Waals surface area contributed by atoms with E-state index in [-0.39, 0.29) is 23.1 Å². The molecule has 0 saturated carbocycles. The molecule has 0 radical (unpaired) electrons. The number of ether oxygens (including phenoxy) is 5. The van der Waals surface area contributed by atoms with Crippen LogP contribution in [0, 0.1) is 34.5 Å². The van der Waals surface area contributed by atoms with E-state index in [4.69, 9.17) is 14.2 Å². The Bertz CT molecular complexity index is 1500. The predicted octanol–water partition coefficient (Wildman–Crippen LogP) is 8.83. The van der Waals surface area contributed by atoms with Gasteiger partial charge >= 0.3 is 18.4 Å². The fraction of sp³-hybridized carbons (Fsp3) is 0.400. The van der Waals surface area contributed by atoms with Crippen LogP contribution in [0.1, 0.15) is 43.7 Å². The van der Waals surface area contributed by atoms with Crippen LogP contribution in [0.3, 0.4) is 0 Å². The van der Waals surface area contributed by atoms with Crippen LogP contribution < -0.4 is 9.47 Å². The van der Waals surface area contributed by atoms with Crippen LogP contribution in [0.5, 0.6) is 11.5 Å². The molecule has 0 amide bonds. The van der Waals surface area contributed by atoms with Gasteiger partial charge < -0.3 is 23.7 Å². The van der Waals surface area contributed by atoms with Crippen molar-refractivity contribution < 1.29 is 67.6 Å². The molecule has 244 valence electrons. The molecule has 3 aromatic rings. The van der Waals surface area contributed by atoms with Crippen LogP contribution in [0.4, 0.5) is 43.9 Å². The Morgan fingerprint density at radius 1 is 0.711 bits per heavy atom. The molecule has 0 unspecified atom stereocenters. The van der Waals surface area contributed by atoms with Crippen molar-refractivity contribution in [3.63, 3.8) is 0 Å². The summed E-state index contributed by atoms with van der Waals surface area (Å²) >= 11 is 0. The van der Waals surface area contributed by atoms with Gasteiger partial charge in [-0.05, 0) is 30.2 Å². The summed E-state index contributed by atoms with van der Waals surface area (Å²) in [5, 5.41) is 0. The summed E-state index contributed by atoms with van der Waals surface area (Å²) in [5.41, 5.74) is -3.11. The first-order chi connectivity index (χ1) is 21.1. The third-order valence-corrected chi connectivity index (χ3v) is 7.42. The number of unbranched alkanes of at least 4 members (excludes halogenated alkanes) is 2. The molecule has 5 nitrogen and oxygen atoms in total. The quantitative estimate of drug-likeness (QED) is 0.162. The zero-order chi connectivity index (χ0) is 32.8. The Morgan fingerprint density at radius 3 is 1.80 bits per heavy atom. The van der Waals surface area contributed by atoms with Gasteiger partial charge in [0.1, 0.15) is 28.8 Å². The predicted molar refractivity (Wildman–Crippen MR) is 135 cm³/mol. The molecule has 3 aliphatic heterocycles. The van der Waals surface area contributed by atoms with Crippen LogP contribution >= 0.6 is 0 Å². The maximum Gasteiger partial charge on any atom is 0.573 e. The summed E-state index contributed by atoms with van der Waals surface area (Å²) in [6, 6.07) is 3.96. The Morgan fingerprint density at radius 2 is 1.29 bits per heavy atom. The topological polar surface area (TPSA) is 46.2 Å². The zero-order valence-electron chi connectivity index (χ0n) is 23.3. The van der Waals surface area contributed by atoms with Gasteiger partial charge in [0.15, 0.2) is 11.6 Å². The normalized spacial score (nSPS) is 21.7. The van der Waals surface area contributed by atoms with Gasteiger partial charge in [0.05, 0.1) is 19.8 Å². The van der Waals surface area contributed by atoms with Gasteiger partial charge in [0.25, 0.3) is 0 Å². The molecule has 0 aromatic heterocycles. The largest absolute Gasteiger partial charge is 0.573 e. The molecule has 2 bridgehead atoms. The summed E-state index contributed by atoms with van der Waals surface area (Å²) in [5.74, 6) is -14.1. The van der Waals surface area contributed by atoms with Gasteiger partial charge in [-0.2, -0.15) is 8.78 Å². The van der Waals surface area contributed by atoms with Crippen LogP contribution in [0.15, 0.2) is 42.5 Å². The molecule has 0 spiro atoms. The van der Waals surface area contributed by atoms with E-state index in [0.717, 1.165) is 37.8 Å². The summed E-state index contributed by atoms with van der Waals surface area (Å²) in [4.78, 5) is 0. The molecule has 0 N–H and O–H groups in total. The van der Waals surface area contributed by atoms with Crippen LogP contribution in [0.2, 0.25) is 0 Å². The van der Waals surface area contributed by atoms with Crippen LogP contribution in [-0.4, -0.2) is 26.2 Å². The van der Waals surface area contributed by atoms with E-state index in [1.807, 2.05) is 0 Å². The Labute approximate surface area is 249 Å². The first kappa shape index (κ1) is 32.8. The highest BCUT2D eigenvalue weighted by molar-refractivity contribution is 5.65. The summed E-state index contributed by atoms with van der Waals surface area (Å²) in [6.45, 7) is 2.99. The average Bonchev–Trinajstić information content (AvgIpc) is 2.95. The molecule has 0 aliphatic carbocycles. The second-order valence-electron chi connectivity index (χ2n) is 10.8. The molecule has 15 heteroatoms. The molecule has 3 saturated heterocycles. The number of fused-ring (bicyclic) bond motifs is 3. The first-order valence-corrected chi connectivity index (χ1v) is 13.6. The SMILES string of the molecule is CCCCCC12COC(c3ccc(-c4cc(F)c(C(F)(F)Oc5cc(F)c(OC(F)(F)F)c(F)c5)c(F)c4)c(F)c3)(OC1)OC2. The lowest BCUT2D eigenvalue weighted by Crippen LogP contribution is -2.58. The standard InChI is InChI=1S/C30H24F10O5/c1-2-3-4-7-27-13-41-29(42-14-27,43-15-27)17-5-6-19(20(31)10-17)16-8-21(32)25(22(33)9-16)28(36,37)44-18-11-23(34)26(24(35)12-18)45-30(38,39)40/h5-6,8-12H,2-4,7,13-15H2,1H3. The molecule has 6 rings (SSSR count). The summed E-state index contributed by atoms with van der Waals surface area (Å²) in [6.07, 6.45) is -6.60. The number of alkyl halides is 5. The van der Waals surface area contributed by atoms with E-state index >= 15 is 4.39 Å². The van der Waals surface area contributed by atoms with Crippen molar-refractivity contribution in [1.29, 1.82) is 0 Å². The lowest BCUT2D eigenvalue weighted by Gasteiger charge is -2.52. The second-order valence-corrected chi connectivity index (χ2v) is 10.8. The van der Waals surface area contributed by atoms with Gasteiger partial charge in [0.2, 0.25) is 5.75 Å². The third-order valence-electron chi connectivity index (χ3n) is 7.42. The smallest absolute Gasteiger partial charge is 0.429 e. The van der Waals surface area contributed by atoms with E-state index in [1.54, 1.807) is 0 Å². The molecular weight excluding hydrogens is 630 g/mol. The number of halogens is 10. The van der Waals surface area contributed by atoms with Gasteiger partial charge in [-0.25, -0.2) is 22.0 Å². The molecule has 45 heavy (non-hydrogen) atoms. The highest BCUT2D eigenvalue weighted by atomic mass is 19.4. The van der Waals surface area contributed by atoms with Crippen molar-refractivity contribution in [3.8, 4) is 22.6 Å². The maximum atomic E-state index is 15.3. The number of rotatable bonds is 10. The van der Waals surface area contributed by atoms with E-state index in [9.17, 15) is 39.5 Å². The van der Waals surface area contributed by atoms with Crippen molar-refractivity contribution in [1.82, 2.24) is 0 Å². The van der Waals surface area contributed by atoms with E-state index < -0.39 is 75.7 Å². The Balaban J connectivity index is 1.35. The lowest BCUT2D eigenvalue weighted by molar-refractivity contribution is -0.480. The fourth-order valence-corrected chi connectivity index (χ4v) is 5.16. The number of hydrogen-bond donors (Lipinski definition) is 0. The highest BCUT2D eigenvalue weighted by Gasteiger charge is 2.53. The lowest BCUT2D eigenvalue weighted by atomic mass is 9.82. The molecule has 3 heterocycles. The highest BCUT2D eigenvalue weighted by Crippen LogP contribution is 2.47. The summed E-state index contributed by atoms with van der Waals surface area (Å²) in [7, 11) is 0. The van der Waals surface area contributed by atoms with Gasteiger partial charge in [-0.15, -0.1) is 13.2 Å². The fourth-order valence-electron chi connectivity index (χ4n) is 5.16. The van der Waals surface area contributed by atoms with Gasteiger partial charge in [0, 0.05) is 28.7 Å². The minimum absolute atomic E-state index is 0.0963. The minimum Gasteiger partial charge on any atom is -0.429 e. The Hall–Kier alpha value is -3.56. The molecule has 3 aliphatic rings. The molecule has 3 fully saturated rings. The minimum atomic E-state index is -5.51. The van der Waals surface area contributed by atoms with Crippen molar-refractivity contribution >= 4 is 0 Å². The van der Waals surface area contributed by atoms with E-state index in [2.05, 4.69) is 16.4 Å². The number of benzene rings is 3. The van der Waals surface area contributed by atoms with Crippen molar-refractivity contribution in [3.05, 3.63) is 82.7 Å². The Kier molecular flexibility index (Phi) is 8.74. The van der Waals surface area contributed by atoms with Gasteiger partial charge in [-0.3, -0.25) is 0 Å². The number of hydrogen-bond acceptors (Lipinski definition) is 5. The zero-order valence-corrected chi connectivity index (χ0v) is 23.3. The third kappa shape index (κ3) is 6.70. The molecular formula is C30H24F10O5. The van der Waals surface area contributed by atoms with Crippen molar-refractivity contribution in [2.45, 2.75) is 51.1 Å². The first-order valence-electron chi connectivity index (χ1n) is 13.6. The summed E-state index contributed by atoms with van der Waals surface area (Å²) < 4.78 is 164. The van der Waals surface area contributed by atoms with Crippen molar-refractivity contribution in [2.24, 2.45) is 5.41 Å². The van der Waals surface area contributed by atoms with Gasteiger partial charge in [-0.1, -0.05) is 38.3 Å². The monoisotopic (exact) mass is 654 g/mol. The molecule has 3 aromatic carbocycles. The van der Waals surface area contributed by atoms with E-state index in [1.165, 1.54) is 6.07 Å². The van der Waals surface area contributed by atoms with Crippen LogP contribution in [0.25, 0.3) is 11.1 Å². The van der Waals surface area contributed by atoms with E-state index in [0.29, 0.717) is 32.0 Å².